The molecule has 37 heavy (non-hydrogen) atoms. The van der Waals surface area contributed by atoms with Crippen molar-refractivity contribution in [3.8, 4) is 0 Å². The van der Waals surface area contributed by atoms with Gasteiger partial charge in [-0.3, -0.25) is 34.1 Å². The van der Waals surface area contributed by atoms with E-state index in [9.17, 15) is 43.8 Å². The average Bonchev–Trinajstić information content (AvgIpc) is 2.82. The lowest BCUT2D eigenvalue weighted by Crippen LogP contribution is -2.53. The van der Waals surface area contributed by atoms with Crippen molar-refractivity contribution in [2.75, 3.05) is 37.1 Å². The van der Waals surface area contributed by atoms with E-state index in [1.165, 1.54) is 25.7 Å². The lowest BCUT2D eigenvalue weighted by Gasteiger charge is -2.25. The molecule has 0 aliphatic carbocycles. The molecule has 0 heterocycles. The Bertz CT molecular complexity index is 823. The van der Waals surface area contributed by atoms with Crippen molar-refractivity contribution in [1.82, 2.24) is 16.0 Å². The number of aliphatic hydroxyl groups excluding tert-OH is 1. The van der Waals surface area contributed by atoms with E-state index in [1.54, 1.807) is 6.26 Å². The van der Waals surface area contributed by atoms with Gasteiger partial charge in [-0.2, -0.15) is 11.8 Å². The second-order valence-electron chi connectivity index (χ2n) is 8.25. The van der Waals surface area contributed by atoms with Gasteiger partial charge in [0.1, 0.15) is 17.7 Å². The second-order valence-corrected chi connectivity index (χ2v) is 10.1. The highest BCUT2D eigenvalue weighted by Crippen LogP contribution is 2.11. The summed E-state index contributed by atoms with van der Waals surface area (Å²) in [6.45, 7) is 1.63. The van der Waals surface area contributed by atoms with E-state index >= 15 is 0 Å². The maximum atomic E-state index is 12.5. The van der Waals surface area contributed by atoms with Crippen LogP contribution in [0.25, 0.3) is 0 Å². The summed E-state index contributed by atoms with van der Waals surface area (Å²) >= 11 is 2.26. The minimum Gasteiger partial charge on any atom is -0.548 e. The normalized spacial score (nSPS) is 13.2. The zero-order chi connectivity index (χ0) is 28.4. The van der Waals surface area contributed by atoms with Gasteiger partial charge in [-0.1, -0.05) is 0 Å². The third-order valence-corrected chi connectivity index (χ3v) is 6.61. The molecule has 2 amide bonds. The van der Waals surface area contributed by atoms with Crippen molar-refractivity contribution in [3.05, 3.63) is 0 Å². The highest BCUT2D eigenvalue weighted by molar-refractivity contribution is 8.00. The molecule has 0 saturated carbocycles. The first kappa shape index (κ1) is 34.7. The minimum absolute atomic E-state index is 0.0256. The van der Waals surface area contributed by atoms with Crippen molar-refractivity contribution >= 4 is 64.4 Å². The fourth-order valence-corrected chi connectivity index (χ4v) is 4.33. The van der Waals surface area contributed by atoms with E-state index in [2.05, 4.69) is 16.0 Å². The Morgan fingerprint density at radius 2 is 1.57 bits per heavy atom. The maximum absolute atomic E-state index is 12.5. The number of rotatable bonds is 22. The summed E-state index contributed by atoms with van der Waals surface area (Å²) < 4.78 is 0. The molecule has 3 unspecified atom stereocenters. The first-order valence-electron chi connectivity index (χ1n) is 11.7. The van der Waals surface area contributed by atoms with E-state index in [0.717, 1.165) is 11.8 Å². The van der Waals surface area contributed by atoms with Gasteiger partial charge in [-0.05, 0) is 19.1 Å². The van der Waals surface area contributed by atoms with Gasteiger partial charge in [-0.15, -0.1) is 11.8 Å². The van der Waals surface area contributed by atoms with Crippen LogP contribution < -0.4 is 21.1 Å². The number of hydrogen-bond donors (Lipinski definition) is 4. The van der Waals surface area contributed by atoms with Crippen molar-refractivity contribution in [1.29, 1.82) is 0 Å². The summed E-state index contributed by atoms with van der Waals surface area (Å²) in [7, 11) is 1.46. The number of carbonyl (C=O) groups is 7. The van der Waals surface area contributed by atoms with Crippen LogP contribution >= 0.6 is 23.5 Å². The SMILES string of the molecule is CNC(=O)CSCC(=O)CC(NC(CCC(=O)C(O)CC(=O)CCCNC(C)=O)C(=O)[O-])C(=O)CSC. The Labute approximate surface area is 224 Å². The number of nitrogens with one attached hydrogen (secondary N) is 3. The minimum atomic E-state index is -1.61. The van der Waals surface area contributed by atoms with Crippen molar-refractivity contribution < 1.29 is 43.8 Å². The highest BCUT2D eigenvalue weighted by Gasteiger charge is 2.26. The number of thioether (sulfide) groups is 2. The zero-order valence-corrected chi connectivity index (χ0v) is 23.0. The molecule has 0 aromatic carbocycles. The highest BCUT2D eigenvalue weighted by atomic mass is 32.2. The van der Waals surface area contributed by atoms with Crippen molar-refractivity contribution in [2.45, 2.75) is 63.6 Å². The summed E-state index contributed by atoms with van der Waals surface area (Å²) in [5.41, 5.74) is 0. The summed E-state index contributed by atoms with van der Waals surface area (Å²) in [4.78, 5) is 82.7. The second kappa shape index (κ2) is 19.8. The number of carbonyl (C=O) groups excluding carboxylic acids is 7. The van der Waals surface area contributed by atoms with Gasteiger partial charge in [0.05, 0.1) is 29.3 Å². The molecule has 3 atom stereocenters. The van der Waals surface area contributed by atoms with Crippen LogP contribution in [-0.4, -0.2) is 101 Å². The van der Waals surface area contributed by atoms with E-state index in [-0.39, 0.29) is 66.4 Å². The Balaban J connectivity index is 4.90. The fourth-order valence-electron chi connectivity index (χ4n) is 3.07. The topological polar surface area (TPSA) is 199 Å². The summed E-state index contributed by atoms with van der Waals surface area (Å²) in [5.74, 6) is -3.92. The van der Waals surface area contributed by atoms with Gasteiger partial charge in [0.25, 0.3) is 0 Å². The predicted octanol–water partition coefficient (Wildman–Crippen LogP) is -1.98. The number of hydrogen-bond acceptors (Lipinski definition) is 12. The predicted molar refractivity (Wildman–Crippen MR) is 138 cm³/mol. The van der Waals surface area contributed by atoms with Gasteiger partial charge < -0.3 is 25.6 Å². The first-order chi connectivity index (χ1) is 17.4. The number of aliphatic hydroxyl groups is 1. The van der Waals surface area contributed by atoms with E-state index in [4.69, 9.17) is 0 Å². The van der Waals surface area contributed by atoms with Gasteiger partial charge >= 0.3 is 0 Å². The third-order valence-electron chi connectivity index (χ3n) is 5.05. The molecular weight excluding hydrogens is 526 g/mol. The molecule has 0 saturated heterocycles. The molecule has 0 aliphatic rings. The van der Waals surface area contributed by atoms with Crippen molar-refractivity contribution in [3.63, 3.8) is 0 Å². The van der Waals surface area contributed by atoms with Crippen LogP contribution in [0.3, 0.4) is 0 Å². The number of amides is 2. The molecule has 0 aromatic rings. The Morgan fingerprint density at radius 3 is 2.14 bits per heavy atom. The smallest absolute Gasteiger partial charge is 0.229 e. The number of carboxylic acids is 1. The van der Waals surface area contributed by atoms with Crippen LogP contribution in [0.2, 0.25) is 0 Å². The van der Waals surface area contributed by atoms with E-state index in [0.29, 0.717) is 6.42 Å². The molecule has 0 bridgehead atoms. The summed E-state index contributed by atoms with van der Waals surface area (Å²) in [5, 5.41) is 29.2. The third kappa shape index (κ3) is 17.0. The monoisotopic (exact) mass is 562 g/mol. The van der Waals surface area contributed by atoms with Gasteiger partial charge in [0.15, 0.2) is 11.6 Å². The Hall–Kier alpha value is -2.29. The molecule has 0 radical (unpaired) electrons. The molecule has 0 spiro atoms. The lowest BCUT2D eigenvalue weighted by atomic mass is 9.99. The molecule has 4 N–H and O–H groups in total. The quantitative estimate of drug-likeness (QED) is 0.106. The van der Waals surface area contributed by atoms with Gasteiger partial charge in [-0.25, -0.2) is 0 Å². The molecule has 210 valence electrons. The van der Waals surface area contributed by atoms with E-state index < -0.39 is 48.6 Å². The zero-order valence-electron chi connectivity index (χ0n) is 21.3. The Kier molecular flexibility index (Phi) is 18.5. The molecule has 12 nitrogen and oxygen atoms in total. The standard InChI is InChI=1S/C23H37N3O9S2/c1-14(27)25-8-4-5-15(28)10-20(31)19(30)7-6-17(23(34)35)26-18(21(32)12-36-3)9-16(29)11-37-13-22(33)24-2/h17-18,20,26,31H,4-13H2,1-3H3,(H,24,33)(H,25,27)(H,34,35)/p-1. The Morgan fingerprint density at radius 1 is 0.892 bits per heavy atom. The lowest BCUT2D eigenvalue weighted by molar-refractivity contribution is -0.308. The largest absolute Gasteiger partial charge is 0.548 e. The summed E-state index contributed by atoms with van der Waals surface area (Å²) in [6.07, 6.45) is -0.973. The molecule has 0 aliphatic heterocycles. The van der Waals surface area contributed by atoms with Gasteiger partial charge in [0, 0.05) is 52.2 Å². The average molecular weight is 563 g/mol. The number of aliphatic carboxylic acids is 1. The number of Topliss-reactive ketones (excluding diaryl/α,β-unsaturated/α-hetero) is 4. The first-order valence-corrected chi connectivity index (χ1v) is 14.2. The molecule has 0 aromatic heterocycles. The van der Waals surface area contributed by atoms with Crippen LogP contribution in [-0.2, 0) is 33.6 Å². The van der Waals surface area contributed by atoms with Crippen LogP contribution in [0.15, 0.2) is 0 Å². The number of carboxylic acid groups (broad SMARTS) is 1. The van der Waals surface area contributed by atoms with Crippen LogP contribution in [0.4, 0.5) is 0 Å². The van der Waals surface area contributed by atoms with Crippen LogP contribution in [0.1, 0.15) is 45.4 Å². The summed E-state index contributed by atoms with van der Waals surface area (Å²) in [6, 6.07) is -2.58. The van der Waals surface area contributed by atoms with Gasteiger partial charge in [0.2, 0.25) is 11.8 Å². The molecular formula is C23H36N3O9S2-. The molecule has 0 fully saturated rings. The van der Waals surface area contributed by atoms with Crippen molar-refractivity contribution in [2.24, 2.45) is 0 Å². The molecule has 0 rings (SSSR count). The van der Waals surface area contributed by atoms with Crippen LogP contribution in [0, 0.1) is 0 Å². The van der Waals surface area contributed by atoms with Crippen LogP contribution in [0.5, 0.6) is 0 Å². The van der Waals surface area contributed by atoms with E-state index in [1.807, 2.05) is 0 Å². The number of ketones is 4. The molecule has 14 heteroatoms. The fraction of sp³-hybridized carbons (Fsp3) is 0.696. The maximum Gasteiger partial charge on any atom is 0.229 e.